The molecule has 4 N–H and O–H groups in total. The summed E-state index contributed by atoms with van der Waals surface area (Å²) in [6.45, 7) is 2.23. The van der Waals surface area contributed by atoms with Crippen LogP contribution in [0.25, 0.3) is 11.0 Å². The van der Waals surface area contributed by atoms with E-state index in [1.807, 2.05) is 30.0 Å². The van der Waals surface area contributed by atoms with Gasteiger partial charge in [-0.05, 0) is 44.1 Å². The number of H-pyrrole nitrogens is 1. The summed E-state index contributed by atoms with van der Waals surface area (Å²) in [6.07, 6.45) is 2.42. The maximum atomic E-state index is 5.75. The molecule has 1 saturated heterocycles. The number of piperidine rings is 1. The van der Waals surface area contributed by atoms with E-state index in [0.29, 0.717) is 5.25 Å². The fourth-order valence-electron chi connectivity index (χ4n) is 2.13. The lowest BCUT2D eigenvalue weighted by atomic mass is 10.2. The van der Waals surface area contributed by atoms with Gasteiger partial charge in [0.25, 0.3) is 0 Å². The standard InChI is InChI=1S/C12H16N4S/c13-8-1-2-10-11(7-8)16-12(15-10)17-9-3-5-14-6-4-9/h1-2,7,9,14H,3-6,13H2,(H,15,16). The monoisotopic (exact) mass is 248 g/mol. The second kappa shape index (κ2) is 4.58. The fourth-order valence-corrected chi connectivity index (χ4v) is 3.24. The van der Waals surface area contributed by atoms with Crippen molar-refractivity contribution in [2.45, 2.75) is 23.2 Å². The quantitative estimate of drug-likeness (QED) is 0.711. The zero-order valence-electron chi connectivity index (χ0n) is 9.57. The molecule has 2 heterocycles. The zero-order valence-corrected chi connectivity index (χ0v) is 10.4. The Kier molecular flexibility index (Phi) is 2.94. The van der Waals surface area contributed by atoms with Gasteiger partial charge in [-0.3, -0.25) is 0 Å². The minimum absolute atomic E-state index is 0.675. The molecular formula is C12H16N4S. The maximum Gasteiger partial charge on any atom is 0.166 e. The van der Waals surface area contributed by atoms with Gasteiger partial charge in [0.2, 0.25) is 0 Å². The van der Waals surface area contributed by atoms with Crippen LogP contribution in [0.5, 0.6) is 0 Å². The molecule has 3 rings (SSSR count). The van der Waals surface area contributed by atoms with Crippen LogP contribution in [0.1, 0.15) is 12.8 Å². The van der Waals surface area contributed by atoms with E-state index < -0.39 is 0 Å². The summed E-state index contributed by atoms with van der Waals surface area (Å²) >= 11 is 1.85. The highest BCUT2D eigenvalue weighted by atomic mass is 32.2. The summed E-state index contributed by atoms with van der Waals surface area (Å²) in [5.74, 6) is 0. The summed E-state index contributed by atoms with van der Waals surface area (Å²) < 4.78 is 0. The molecule has 0 unspecified atom stereocenters. The molecule has 0 atom stereocenters. The topological polar surface area (TPSA) is 66.7 Å². The molecule has 0 aliphatic carbocycles. The van der Waals surface area contributed by atoms with Gasteiger partial charge in [0.1, 0.15) is 0 Å². The molecule has 17 heavy (non-hydrogen) atoms. The number of nitrogens with two attached hydrogens (primary N) is 1. The maximum absolute atomic E-state index is 5.75. The Morgan fingerprint density at radius 3 is 2.94 bits per heavy atom. The van der Waals surface area contributed by atoms with Crippen molar-refractivity contribution in [3.63, 3.8) is 0 Å². The van der Waals surface area contributed by atoms with Crippen LogP contribution in [0.3, 0.4) is 0 Å². The van der Waals surface area contributed by atoms with E-state index in [1.165, 1.54) is 12.8 Å². The normalized spacial score (nSPS) is 17.6. The second-order valence-electron chi connectivity index (χ2n) is 4.39. The number of nitrogens with one attached hydrogen (secondary N) is 2. The van der Waals surface area contributed by atoms with Crippen LogP contribution in [0.4, 0.5) is 5.69 Å². The molecule has 0 radical (unpaired) electrons. The third-order valence-corrected chi connectivity index (χ3v) is 4.27. The molecule has 0 amide bonds. The molecule has 2 aromatic rings. The first kappa shape index (κ1) is 10.9. The molecule has 1 aliphatic heterocycles. The Balaban J connectivity index is 1.80. The molecule has 5 heteroatoms. The molecular weight excluding hydrogens is 232 g/mol. The number of hydrogen-bond donors (Lipinski definition) is 3. The first-order valence-corrected chi connectivity index (χ1v) is 6.82. The molecule has 1 fully saturated rings. The summed E-state index contributed by atoms with van der Waals surface area (Å²) in [4.78, 5) is 7.91. The Morgan fingerprint density at radius 2 is 2.12 bits per heavy atom. The summed E-state index contributed by atoms with van der Waals surface area (Å²) in [6, 6.07) is 5.80. The molecule has 1 aromatic heterocycles. The summed E-state index contributed by atoms with van der Waals surface area (Å²) in [7, 11) is 0. The van der Waals surface area contributed by atoms with Crippen LogP contribution >= 0.6 is 11.8 Å². The number of nitrogen functional groups attached to an aromatic ring is 1. The number of aromatic amines is 1. The smallest absolute Gasteiger partial charge is 0.166 e. The second-order valence-corrected chi connectivity index (χ2v) is 5.67. The van der Waals surface area contributed by atoms with E-state index >= 15 is 0 Å². The Hall–Kier alpha value is -1.20. The van der Waals surface area contributed by atoms with Gasteiger partial charge in [-0.15, -0.1) is 0 Å². The van der Waals surface area contributed by atoms with E-state index in [2.05, 4.69) is 15.3 Å². The Bertz CT molecular complexity index is 516. The third kappa shape index (κ3) is 2.40. The predicted molar refractivity (Wildman–Crippen MR) is 72.3 cm³/mol. The number of rotatable bonds is 2. The van der Waals surface area contributed by atoms with E-state index in [0.717, 1.165) is 35.0 Å². The number of thioether (sulfide) groups is 1. The van der Waals surface area contributed by atoms with Crippen LogP contribution in [0, 0.1) is 0 Å². The van der Waals surface area contributed by atoms with E-state index in [9.17, 15) is 0 Å². The van der Waals surface area contributed by atoms with Crippen molar-refractivity contribution in [2.75, 3.05) is 18.8 Å². The van der Waals surface area contributed by atoms with Crippen molar-refractivity contribution in [3.8, 4) is 0 Å². The van der Waals surface area contributed by atoms with Gasteiger partial charge in [-0.1, -0.05) is 11.8 Å². The number of fused-ring (bicyclic) bond motifs is 1. The van der Waals surface area contributed by atoms with Gasteiger partial charge in [0, 0.05) is 10.9 Å². The van der Waals surface area contributed by atoms with Crippen LogP contribution in [0.15, 0.2) is 23.4 Å². The van der Waals surface area contributed by atoms with Gasteiger partial charge in [-0.25, -0.2) is 4.98 Å². The van der Waals surface area contributed by atoms with Crippen LogP contribution in [-0.2, 0) is 0 Å². The van der Waals surface area contributed by atoms with Crippen LogP contribution in [0.2, 0.25) is 0 Å². The molecule has 0 spiro atoms. The zero-order chi connectivity index (χ0) is 11.7. The van der Waals surface area contributed by atoms with Crippen LogP contribution in [-0.4, -0.2) is 28.3 Å². The molecule has 90 valence electrons. The lowest BCUT2D eigenvalue weighted by Crippen LogP contribution is -2.29. The third-order valence-electron chi connectivity index (χ3n) is 3.05. The number of aromatic nitrogens is 2. The predicted octanol–water partition coefficient (Wildman–Crippen LogP) is 1.99. The van der Waals surface area contributed by atoms with Crippen molar-refractivity contribution in [1.29, 1.82) is 0 Å². The number of hydrogen-bond acceptors (Lipinski definition) is 4. The minimum atomic E-state index is 0.675. The van der Waals surface area contributed by atoms with E-state index in [-0.39, 0.29) is 0 Å². The molecule has 1 aliphatic rings. The van der Waals surface area contributed by atoms with Crippen LogP contribution < -0.4 is 11.1 Å². The fraction of sp³-hybridized carbons (Fsp3) is 0.417. The minimum Gasteiger partial charge on any atom is -0.399 e. The van der Waals surface area contributed by atoms with Crippen molar-refractivity contribution >= 4 is 28.5 Å². The van der Waals surface area contributed by atoms with Crippen molar-refractivity contribution < 1.29 is 0 Å². The first-order valence-electron chi connectivity index (χ1n) is 5.94. The largest absolute Gasteiger partial charge is 0.399 e. The van der Waals surface area contributed by atoms with E-state index in [1.54, 1.807) is 0 Å². The van der Waals surface area contributed by atoms with Gasteiger partial charge in [0.15, 0.2) is 5.16 Å². The Morgan fingerprint density at radius 1 is 1.29 bits per heavy atom. The lowest BCUT2D eigenvalue weighted by Gasteiger charge is -2.20. The lowest BCUT2D eigenvalue weighted by molar-refractivity contribution is 0.531. The number of imidazole rings is 1. The first-order chi connectivity index (χ1) is 8.31. The number of benzene rings is 1. The summed E-state index contributed by atoms with van der Waals surface area (Å²) in [5.41, 5.74) is 8.56. The molecule has 1 aromatic carbocycles. The highest BCUT2D eigenvalue weighted by Gasteiger charge is 2.16. The van der Waals surface area contributed by atoms with Gasteiger partial charge >= 0.3 is 0 Å². The van der Waals surface area contributed by atoms with Crippen molar-refractivity contribution in [3.05, 3.63) is 18.2 Å². The van der Waals surface area contributed by atoms with Crippen molar-refractivity contribution in [2.24, 2.45) is 0 Å². The van der Waals surface area contributed by atoms with Gasteiger partial charge < -0.3 is 16.0 Å². The van der Waals surface area contributed by atoms with Gasteiger partial charge in [-0.2, -0.15) is 0 Å². The highest BCUT2D eigenvalue weighted by molar-refractivity contribution is 7.99. The Labute approximate surface area is 104 Å². The number of anilines is 1. The average molecular weight is 248 g/mol. The molecule has 4 nitrogen and oxygen atoms in total. The highest BCUT2D eigenvalue weighted by Crippen LogP contribution is 2.28. The molecule has 0 bridgehead atoms. The summed E-state index contributed by atoms with van der Waals surface area (Å²) in [5, 5.41) is 5.06. The number of nitrogens with zero attached hydrogens (tertiary/aromatic N) is 1. The molecule has 0 saturated carbocycles. The SMILES string of the molecule is Nc1ccc2nc(SC3CCNCC3)[nH]c2c1. The van der Waals surface area contributed by atoms with Gasteiger partial charge in [0.05, 0.1) is 11.0 Å². The van der Waals surface area contributed by atoms with Crippen molar-refractivity contribution in [1.82, 2.24) is 15.3 Å². The average Bonchev–Trinajstić information content (AvgIpc) is 2.71. The van der Waals surface area contributed by atoms with E-state index in [4.69, 9.17) is 5.73 Å².